The van der Waals surface area contributed by atoms with Gasteiger partial charge in [-0.2, -0.15) is 4.98 Å². The lowest BCUT2D eigenvalue weighted by molar-refractivity contribution is 0.0949. The fourth-order valence-electron chi connectivity index (χ4n) is 1.76. The van der Waals surface area contributed by atoms with Gasteiger partial charge >= 0.3 is 0 Å². The van der Waals surface area contributed by atoms with Gasteiger partial charge in [-0.15, -0.1) is 0 Å². The lowest BCUT2D eigenvalue weighted by atomic mass is 10.3. The number of hydrogen-bond donors (Lipinski definition) is 2. The van der Waals surface area contributed by atoms with Crippen molar-refractivity contribution in [1.82, 2.24) is 20.4 Å². The van der Waals surface area contributed by atoms with E-state index in [1.807, 2.05) is 6.07 Å². The van der Waals surface area contributed by atoms with E-state index in [0.29, 0.717) is 30.4 Å². The van der Waals surface area contributed by atoms with E-state index >= 15 is 0 Å². The van der Waals surface area contributed by atoms with Crippen LogP contribution in [0.1, 0.15) is 35.5 Å². The lowest BCUT2D eigenvalue weighted by Crippen LogP contribution is -2.26. The number of aromatic nitrogens is 3. The van der Waals surface area contributed by atoms with Gasteiger partial charge in [0.2, 0.25) is 5.89 Å². The normalized spacial score (nSPS) is 10.4. The van der Waals surface area contributed by atoms with Gasteiger partial charge in [0.1, 0.15) is 5.69 Å². The van der Waals surface area contributed by atoms with Crippen LogP contribution in [0.2, 0.25) is 0 Å². The predicted molar refractivity (Wildman–Crippen MR) is 78.1 cm³/mol. The number of anilines is 1. The second-order valence-corrected chi connectivity index (χ2v) is 4.59. The van der Waals surface area contributed by atoms with Crippen LogP contribution in [-0.2, 0) is 6.42 Å². The Bertz CT molecular complexity index is 597. The van der Waals surface area contributed by atoms with Crippen molar-refractivity contribution >= 4 is 11.6 Å². The fraction of sp³-hybridized carbons (Fsp3) is 0.429. The number of amides is 1. The van der Waals surface area contributed by atoms with Gasteiger partial charge in [-0.3, -0.25) is 9.78 Å². The number of carbonyl (C=O) groups excluding carboxylic acids is 1. The fourth-order valence-corrected chi connectivity index (χ4v) is 1.76. The van der Waals surface area contributed by atoms with E-state index in [4.69, 9.17) is 4.52 Å². The van der Waals surface area contributed by atoms with Crippen LogP contribution in [0.25, 0.3) is 0 Å². The predicted octanol–water partition coefficient (Wildman–Crippen LogP) is 1.57. The third-order valence-corrected chi connectivity index (χ3v) is 2.78. The monoisotopic (exact) mass is 289 g/mol. The highest BCUT2D eigenvalue weighted by atomic mass is 16.5. The summed E-state index contributed by atoms with van der Waals surface area (Å²) < 4.78 is 4.87. The van der Waals surface area contributed by atoms with Crippen LogP contribution in [-0.4, -0.2) is 34.1 Å². The van der Waals surface area contributed by atoms with Gasteiger partial charge in [0.05, 0.1) is 0 Å². The molecule has 0 atom stereocenters. The van der Waals surface area contributed by atoms with E-state index < -0.39 is 0 Å². The molecule has 0 saturated carbocycles. The molecular weight excluding hydrogens is 270 g/mol. The molecule has 2 heterocycles. The molecule has 2 rings (SSSR count). The molecule has 2 N–H and O–H groups in total. The summed E-state index contributed by atoms with van der Waals surface area (Å²) in [7, 11) is 0. The first kappa shape index (κ1) is 15.0. The number of hydrogen-bond acceptors (Lipinski definition) is 6. The van der Waals surface area contributed by atoms with E-state index in [1.54, 1.807) is 19.2 Å². The average molecular weight is 289 g/mol. The molecule has 112 valence electrons. The van der Waals surface area contributed by atoms with Gasteiger partial charge in [-0.05, 0) is 18.6 Å². The molecule has 0 aliphatic rings. The Balaban J connectivity index is 1.85. The molecule has 0 spiro atoms. The van der Waals surface area contributed by atoms with Crippen LogP contribution in [0.5, 0.6) is 0 Å². The van der Waals surface area contributed by atoms with E-state index in [2.05, 4.69) is 32.7 Å². The summed E-state index contributed by atoms with van der Waals surface area (Å²) in [6, 6.07) is 3.58. The molecule has 0 unspecified atom stereocenters. The second kappa shape index (κ2) is 7.37. The molecule has 0 bridgehead atoms. The standard InChI is InChI=1S/C14H19N5O2/c1-3-6-15-11-4-7-16-12(9-11)14(20)17-8-5-13-18-10(2)21-19-13/h4,7,9H,3,5-6,8H2,1-2H3,(H,15,16)(H,17,20). The van der Waals surface area contributed by atoms with Gasteiger partial charge in [-0.25, -0.2) is 0 Å². The Kier molecular flexibility index (Phi) is 5.25. The Morgan fingerprint density at radius 2 is 2.24 bits per heavy atom. The van der Waals surface area contributed by atoms with Crippen molar-refractivity contribution in [2.24, 2.45) is 0 Å². The topological polar surface area (TPSA) is 92.9 Å². The summed E-state index contributed by atoms with van der Waals surface area (Å²) in [6.45, 7) is 5.11. The zero-order valence-corrected chi connectivity index (χ0v) is 12.2. The minimum absolute atomic E-state index is 0.213. The highest BCUT2D eigenvalue weighted by Crippen LogP contribution is 2.07. The summed E-state index contributed by atoms with van der Waals surface area (Å²) in [5, 5.41) is 9.78. The summed E-state index contributed by atoms with van der Waals surface area (Å²) in [5.41, 5.74) is 1.28. The minimum atomic E-state index is -0.213. The van der Waals surface area contributed by atoms with E-state index in [0.717, 1.165) is 18.7 Å². The zero-order chi connectivity index (χ0) is 15.1. The molecule has 0 aromatic carbocycles. The largest absolute Gasteiger partial charge is 0.385 e. The third-order valence-electron chi connectivity index (χ3n) is 2.78. The van der Waals surface area contributed by atoms with Gasteiger partial charge in [0.25, 0.3) is 5.91 Å². The molecule has 1 amide bonds. The van der Waals surface area contributed by atoms with Gasteiger partial charge < -0.3 is 15.2 Å². The number of aryl methyl sites for hydroxylation is 1. The Morgan fingerprint density at radius 3 is 2.95 bits per heavy atom. The molecular formula is C14H19N5O2. The molecule has 2 aromatic heterocycles. The van der Waals surface area contributed by atoms with Crippen molar-refractivity contribution in [2.45, 2.75) is 26.7 Å². The van der Waals surface area contributed by atoms with Gasteiger partial charge in [-0.1, -0.05) is 12.1 Å². The summed E-state index contributed by atoms with van der Waals surface area (Å²) >= 11 is 0. The van der Waals surface area contributed by atoms with Crippen LogP contribution in [0.4, 0.5) is 5.69 Å². The quantitative estimate of drug-likeness (QED) is 0.803. The molecule has 0 fully saturated rings. The average Bonchev–Trinajstić information content (AvgIpc) is 2.91. The highest BCUT2D eigenvalue weighted by molar-refractivity contribution is 5.93. The van der Waals surface area contributed by atoms with Crippen molar-refractivity contribution in [3.05, 3.63) is 35.7 Å². The zero-order valence-electron chi connectivity index (χ0n) is 12.2. The minimum Gasteiger partial charge on any atom is -0.385 e. The Morgan fingerprint density at radius 1 is 1.38 bits per heavy atom. The first-order chi connectivity index (χ1) is 10.2. The number of carbonyl (C=O) groups is 1. The van der Waals surface area contributed by atoms with Crippen molar-refractivity contribution in [2.75, 3.05) is 18.4 Å². The number of pyridine rings is 1. The van der Waals surface area contributed by atoms with Crippen molar-refractivity contribution in [1.29, 1.82) is 0 Å². The van der Waals surface area contributed by atoms with Crippen molar-refractivity contribution < 1.29 is 9.32 Å². The molecule has 0 aliphatic heterocycles. The van der Waals surface area contributed by atoms with Gasteiger partial charge in [0, 0.05) is 38.3 Å². The molecule has 7 heteroatoms. The van der Waals surface area contributed by atoms with E-state index in [-0.39, 0.29) is 5.91 Å². The van der Waals surface area contributed by atoms with E-state index in [9.17, 15) is 4.79 Å². The summed E-state index contributed by atoms with van der Waals surface area (Å²) in [5.74, 6) is 0.891. The summed E-state index contributed by atoms with van der Waals surface area (Å²) in [4.78, 5) is 20.1. The molecule has 0 aliphatic carbocycles. The Labute approximate surface area is 123 Å². The number of nitrogens with zero attached hydrogens (tertiary/aromatic N) is 3. The molecule has 0 saturated heterocycles. The maximum Gasteiger partial charge on any atom is 0.269 e. The number of nitrogens with one attached hydrogen (secondary N) is 2. The second-order valence-electron chi connectivity index (χ2n) is 4.59. The number of rotatable bonds is 7. The van der Waals surface area contributed by atoms with Crippen LogP contribution >= 0.6 is 0 Å². The smallest absolute Gasteiger partial charge is 0.269 e. The van der Waals surface area contributed by atoms with Crippen LogP contribution in [0, 0.1) is 6.92 Å². The molecule has 21 heavy (non-hydrogen) atoms. The van der Waals surface area contributed by atoms with Crippen molar-refractivity contribution in [3.63, 3.8) is 0 Å². The summed E-state index contributed by atoms with van der Waals surface area (Å²) in [6.07, 6.45) is 3.17. The molecule has 7 nitrogen and oxygen atoms in total. The Hall–Kier alpha value is -2.44. The first-order valence-electron chi connectivity index (χ1n) is 6.96. The maximum absolute atomic E-state index is 12.0. The van der Waals surface area contributed by atoms with Crippen LogP contribution in [0.3, 0.4) is 0 Å². The third kappa shape index (κ3) is 4.55. The SMILES string of the molecule is CCCNc1ccnc(C(=O)NCCc2noc(C)n2)c1. The lowest BCUT2D eigenvalue weighted by Gasteiger charge is -2.07. The van der Waals surface area contributed by atoms with Crippen LogP contribution < -0.4 is 10.6 Å². The van der Waals surface area contributed by atoms with Gasteiger partial charge in [0.15, 0.2) is 5.82 Å². The maximum atomic E-state index is 12.0. The first-order valence-corrected chi connectivity index (χ1v) is 6.96. The molecule has 0 radical (unpaired) electrons. The molecule has 2 aromatic rings. The van der Waals surface area contributed by atoms with Crippen LogP contribution in [0.15, 0.2) is 22.9 Å². The van der Waals surface area contributed by atoms with Crippen molar-refractivity contribution in [3.8, 4) is 0 Å². The highest BCUT2D eigenvalue weighted by Gasteiger charge is 2.08. The van der Waals surface area contributed by atoms with E-state index in [1.165, 1.54) is 0 Å².